The van der Waals surface area contributed by atoms with Crippen molar-refractivity contribution in [2.45, 2.75) is 12.6 Å². The third-order valence-corrected chi connectivity index (χ3v) is 3.36. The van der Waals surface area contributed by atoms with E-state index in [0.29, 0.717) is 0 Å². The van der Waals surface area contributed by atoms with Gasteiger partial charge in [-0.05, 0) is 11.4 Å². The van der Waals surface area contributed by atoms with Gasteiger partial charge in [0.05, 0.1) is 6.04 Å². The maximum Gasteiger partial charge on any atom is 0.138 e. The van der Waals surface area contributed by atoms with E-state index < -0.39 is 0 Å². The van der Waals surface area contributed by atoms with Crippen LogP contribution in [0.25, 0.3) is 0 Å². The van der Waals surface area contributed by atoms with E-state index in [1.807, 2.05) is 0 Å². The van der Waals surface area contributed by atoms with Gasteiger partial charge in [0, 0.05) is 31.1 Å². The largest absolute Gasteiger partial charge is 0.313 e. The number of nitrogens with zero attached hydrogens (tertiary/aromatic N) is 1. The van der Waals surface area contributed by atoms with Crippen LogP contribution in [0.5, 0.6) is 0 Å². The summed E-state index contributed by atoms with van der Waals surface area (Å²) in [7, 11) is 0. The summed E-state index contributed by atoms with van der Waals surface area (Å²) in [6.07, 6.45) is 1.04. The van der Waals surface area contributed by atoms with E-state index >= 15 is 0 Å². The summed E-state index contributed by atoms with van der Waals surface area (Å²) >= 11 is 1.75. The highest BCUT2D eigenvalue weighted by molar-refractivity contribution is 7.09. The average Bonchev–Trinajstić information content (AvgIpc) is 2.71. The third kappa shape index (κ3) is 2.20. The van der Waals surface area contributed by atoms with Crippen LogP contribution in [0.2, 0.25) is 0 Å². The SMILES string of the molecule is O=CC1CNCCN1Cc1cccs1. The lowest BCUT2D eigenvalue weighted by Crippen LogP contribution is -2.51. The van der Waals surface area contributed by atoms with E-state index in [1.165, 1.54) is 4.88 Å². The van der Waals surface area contributed by atoms with Crippen LogP contribution in [0.4, 0.5) is 0 Å². The summed E-state index contributed by atoms with van der Waals surface area (Å²) in [5, 5.41) is 5.30. The Morgan fingerprint density at radius 1 is 1.71 bits per heavy atom. The topological polar surface area (TPSA) is 32.3 Å². The molecule has 0 radical (unpaired) electrons. The van der Waals surface area contributed by atoms with Crippen molar-refractivity contribution in [3.05, 3.63) is 22.4 Å². The molecule has 0 aliphatic carbocycles. The van der Waals surface area contributed by atoms with Crippen LogP contribution >= 0.6 is 11.3 Å². The van der Waals surface area contributed by atoms with Crippen molar-refractivity contribution in [1.29, 1.82) is 0 Å². The Hall–Kier alpha value is -0.710. The Balaban J connectivity index is 1.98. The molecule has 14 heavy (non-hydrogen) atoms. The van der Waals surface area contributed by atoms with Crippen molar-refractivity contribution in [2.75, 3.05) is 19.6 Å². The standard InChI is InChI=1S/C10H14N2OS/c13-8-9-6-11-3-4-12(9)7-10-2-1-5-14-10/h1-2,5,8-9,11H,3-4,6-7H2. The molecule has 2 heterocycles. The molecule has 0 bridgehead atoms. The van der Waals surface area contributed by atoms with Gasteiger partial charge >= 0.3 is 0 Å². The quantitative estimate of drug-likeness (QED) is 0.746. The van der Waals surface area contributed by atoms with Gasteiger partial charge < -0.3 is 10.1 Å². The molecule has 1 N–H and O–H groups in total. The highest BCUT2D eigenvalue weighted by Crippen LogP contribution is 2.14. The molecule has 2 rings (SSSR count). The number of carbonyl (C=O) groups is 1. The first-order valence-corrected chi connectivity index (χ1v) is 5.70. The first-order chi connectivity index (χ1) is 6.90. The lowest BCUT2D eigenvalue weighted by atomic mass is 10.2. The van der Waals surface area contributed by atoms with Gasteiger partial charge in [-0.15, -0.1) is 11.3 Å². The van der Waals surface area contributed by atoms with Crippen LogP contribution < -0.4 is 5.32 Å². The van der Waals surface area contributed by atoms with Crippen LogP contribution in [0.3, 0.4) is 0 Å². The van der Waals surface area contributed by atoms with Crippen LogP contribution in [-0.2, 0) is 11.3 Å². The van der Waals surface area contributed by atoms with E-state index in [2.05, 4.69) is 27.7 Å². The van der Waals surface area contributed by atoms with Gasteiger partial charge in [0.1, 0.15) is 6.29 Å². The average molecular weight is 210 g/mol. The van der Waals surface area contributed by atoms with Gasteiger partial charge in [0.15, 0.2) is 0 Å². The Labute approximate surface area is 87.7 Å². The maximum absolute atomic E-state index is 10.8. The minimum Gasteiger partial charge on any atom is -0.313 e. The molecule has 1 aromatic rings. The molecule has 0 aromatic carbocycles. The number of carbonyl (C=O) groups excluding carboxylic acids is 1. The number of aldehydes is 1. The summed E-state index contributed by atoms with van der Waals surface area (Å²) in [5.74, 6) is 0. The number of hydrogen-bond acceptors (Lipinski definition) is 4. The first kappa shape index (κ1) is 9.83. The Morgan fingerprint density at radius 3 is 3.36 bits per heavy atom. The second kappa shape index (κ2) is 4.68. The number of piperazine rings is 1. The maximum atomic E-state index is 10.8. The molecular formula is C10H14N2OS. The monoisotopic (exact) mass is 210 g/mol. The first-order valence-electron chi connectivity index (χ1n) is 4.82. The second-order valence-corrected chi connectivity index (χ2v) is 4.49. The van der Waals surface area contributed by atoms with Crippen molar-refractivity contribution in [3.8, 4) is 0 Å². The molecule has 0 spiro atoms. The van der Waals surface area contributed by atoms with E-state index in [9.17, 15) is 4.79 Å². The van der Waals surface area contributed by atoms with Gasteiger partial charge in [-0.2, -0.15) is 0 Å². The zero-order chi connectivity index (χ0) is 9.80. The molecule has 0 saturated carbocycles. The Kier molecular flexibility index (Phi) is 3.29. The van der Waals surface area contributed by atoms with Crippen molar-refractivity contribution in [3.63, 3.8) is 0 Å². The number of hydrogen-bond donors (Lipinski definition) is 1. The van der Waals surface area contributed by atoms with Crippen LogP contribution in [0.15, 0.2) is 17.5 Å². The zero-order valence-corrected chi connectivity index (χ0v) is 8.80. The molecule has 1 aliphatic heterocycles. The molecule has 1 saturated heterocycles. The summed E-state index contributed by atoms with van der Waals surface area (Å²) in [4.78, 5) is 14.4. The Morgan fingerprint density at radius 2 is 2.64 bits per heavy atom. The molecule has 76 valence electrons. The van der Waals surface area contributed by atoms with Crippen molar-refractivity contribution in [2.24, 2.45) is 0 Å². The predicted octanol–water partition coefficient (Wildman–Crippen LogP) is 0.721. The van der Waals surface area contributed by atoms with Crippen LogP contribution in [0.1, 0.15) is 4.88 Å². The van der Waals surface area contributed by atoms with E-state index in [-0.39, 0.29) is 6.04 Å². The fraction of sp³-hybridized carbons (Fsp3) is 0.500. The minimum absolute atomic E-state index is 0.0471. The number of thiophene rings is 1. The predicted molar refractivity (Wildman–Crippen MR) is 57.5 cm³/mol. The number of rotatable bonds is 3. The van der Waals surface area contributed by atoms with Crippen molar-refractivity contribution < 1.29 is 4.79 Å². The molecule has 1 unspecified atom stereocenters. The third-order valence-electron chi connectivity index (χ3n) is 2.49. The van der Waals surface area contributed by atoms with Crippen molar-refractivity contribution in [1.82, 2.24) is 10.2 Å². The Bertz CT molecular complexity index is 286. The summed E-state index contributed by atoms with van der Waals surface area (Å²) in [6.45, 7) is 3.63. The van der Waals surface area contributed by atoms with Gasteiger partial charge in [0.2, 0.25) is 0 Å². The molecule has 4 heteroatoms. The molecule has 1 fully saturated rings. The second-order valence-electron chi connectivity index (χ2n) is 3.46. The van der Waals surface area contributed by atoms with Crippen molar-refractivity contribution >= 4 is 17.6 Å². The van der Waals surface area contributed by atoms with E-state index in [4.69, 9.17) is 0 Å². The summed E-state index contributed by atoms with van der Waals surface area (Å²) in [6, 6.07) is 4.22. The van der Waals surface area contributed by atoms with Crippen LogP contribution in [-0.4, -0.2) is 36.9 Å². The van der Waals surface area contributed by atoms with Gasteiger partial charge in [0.25, 0.3) is 0 Å². The van der Waals surface area contributed by atoms with Gasteiger partial charge in [-0.3, -0.25) is 4.90 Å². The van der Waals surface area contributed by atoms with E-state index in [0.717, 1.165) is 32.5 Å². The summed E-state index contributed by atoms with van der Waals surface area (Å²) in [5.41, 5.74) is 0. The van der Waals surface area contributed by atoms with Gasteiger partial charge in [-0.25, -0.2) is 0 Å². The zero-order valence-electron chi connectivity index (χ0n) is 7.98. The fourth-order valence-corrected chi connectivity index (χ4v) is 2.43. The van der Waals surface area contributed by atoms with Crippen LogP contribution in [0, 0.1) is 0 Å². The molecular weight excluding hydrogens is 196 g/mol. The highest BCUT2D eigenvalue weighted by Gasteiger charge is 2.21. The van der Waals surface area contributed by atoms with Gasteiger partial charge in [-0.1, -0.05) is 6.07 Å². The lowest BCUT2D eigenvalue weighted by molar-refractivity contribution is -0.113. The highest BCUT2D eigenvalue weighted by atomic mass is 32.1. The smallest absolute Gasteiger partial charge is 0.138 e. The normalized spacial score (nSPS) is 23.6. The minimum atomic E-state index is 0.0471. The molecule has 1 atom stereocenters. The lowest BCUT2D eigenvalue weighted by Gasteiger charge is -2.32. The number of nitrogens with one attached hydrogen (secondary N) is 1. The van der Waals surface area contributed by atoms with E-state index in [1.54, 1.807) is 11.3 Å². The molecule has 3 nitrogen and oxygen atoms in total. The molecule has 1 aliphatic rings. The molecule has 1 aromatic heterocycles. The fourth-order valence-electron chi connectivity index (χ4n) is 1.70. The summed E-state index contributed by atoms with van der Waals surface area (Å²) < 4.78 is 0. The molecule has 0 amide bonds.